The summed E-state index contributed by atoms with van der Waals surface area (Å²) in [6.45, 7) is 2.71. The van der Waals surface area contributed by atoms with Crippen LogP contribution in [0.1, 0.15) is 37.3 Å². The molecule has 0 aromatic heterocycles. The highest BCUT2D eigenvalue weighted by Crippen LogP contribution is 2.27. The van der Waals surface area contributed by atoms with Crippen molar-refractivity contribution in [1.82, 2.24) is 0 Å². The van der Waals surface area contributed by atoms with Crippen LogP contribution in [-0.2, 0) is 9.63 Å². The molecule has 1 aliphatic rings. The van der Waals surface area contributed by atoms with Crippen LogP contribution in [0.25, 0.3) is 6.08 Å². The van der Waals surface area contributed by atoms with Gasteiger partial charge < -0.3 is 9.57 Å². The van der Waals surface area contributed by atoms with Gasteiger partial charge in [0.15, 0.2) is 0 Å². The zero-order chi connectivity index (χ0) is 19.9. The number of nitrogens with zero attached hydrogens (tertiary/aromatic N) is 2. The maximum absolute atomic E-state index is 12.2. The first-order chi connectivity index (χ1) is 13.6. The Labute approximate surface area is 162 Å². The third-order valence-corrected chi connectivity index (χ3v) is 4.25. The molecule has 1 heterocycles. The van der Waals surface area contributed by atoms with Crippen molar-refractivity contribution in [3.05, 3.63) is 75.3 Å². The van der Waals surface area contributed by atoms with Crippen molar-refractivity contribution >= 4 is 23.4 Å². The summed E-state index contributed by atoms with van der Waals surface area (Å²) < 4.78 is 5.85. The van der Waals surface area contributed by atoms with Crippen LogP contribution in [0.15, 0.2) is 59.3 Å². The number of carbonyl (C=O) groups excluding carboxylic acids is 1. The summed E-state index contributed by atoms with van der Waals surface area (Å²) in [5.41, 5.74) is 1.55. The molecule has 0 saturated carbocycles. The van der Waals surface area contributed by atoms with Crippen molar-refractivity contribution < 1.29 is 19.3 Å². The summed E-state index contributed by atoms with van der Waals surface area (Å²) in [5.74, 6) is 0.0477. The van der Waals surface area contributed by atoms with Gasteiger partial charge in [-0.1, -0.05) is 55.3 Å². The molecule has 0 atom stereocenters. The number of benzene rings is 2. The van der Waals surface area contributed by atoms with Crippen LogP contribution < -0.4 is 4.74 Å². The lowest BCUT2D eigenvalue weighted by Gasteiger charge is -2.09. The van der Waals surface area contributed by atoms with Gasteiger partial charge in [0, 0.05) is 23.3 Å². The zero-order valence-corrected chi connectivity index (χ0v) is 15.5. The topological polar surface area (TPSA) is 91.0 Å². The molecule has 144 valence electrons. The average molecular weight is 380 g/mol. The number of hydrogen-bond donors (Lipinski definition) is 0. The number of oxime groups is 1. The Bertz CT molecular complexity index is 949. The van der Waals surface area contributed by atoms with Crippen LogP contribution >= 0.6 is 0 Å². The quantitative estimate of drug-likeness (QED) is 0.221. The average Bonchev–Trinajstić information content (AvgIpc) is 3.07. The third-order valence-electron chi connectivity index (χ3n) is 4.25. The summed E-state index contributed by atoms with van der Waals surface area (Å²) >= 11 is 0. The fourth-order valence-electron chi connectivity index (χ4n) is 2.81. The van der Waals surface area contributed by atoms with Gasteiger partial charge in [-0.3, -0.25) is 10.1 Å². The molecule has 0 aliphatic carbocycles. The molecule has 0 unspecified atom stereocenters. The van der Waals surface area contributed by atoms with E-state index in [0.717, 1.165) is 19.3 Å². The Kier molecular flexibility index (Phi) is 6.16. The van der Waals surface area contributed by atoms with Crippen LogP contribution in [0, 0.1) is 10.1 Å². The summed E-state index contributed by atoms with van der Waals surface area (Å²) in [6.07, 6.45) is 4.77. The molecule has 2 aromatic carbocycles. The Hall–Kier alpha value is -3.48. The normalized spacial score (nSPS) is 14.7. The second kappa shape index (κ2) is 8.94. The van der Waals surface area contributed by atoms with Gasteiger partial charge in [-0.2, -0.15) is 0 Å². The van der Waals surface area contributed by atoms with E-state index in [1.807, 2.05) is 24.3 Å². The zero-order valence-electron chi connectivity index (χ0n) is 15.5. The SMILES string of the molecule is CCCCCOc1ccccc1C=C1C(=O)ON=C1c1cccc([N+](=O)[O-])c1. The molecule has 0 N–H and O–H groups in total. The molecule has 3 rings (SSSR count). The number of carbonyl (C=O) groups is 1. The van der Waals surface area contributed by atoms with Gasteiger partial charge in [0.2, 0.25) is 0 Å². The smallest absolute Gasteiger partial charge is 0.368 e. The molecule has 2 aromatic rings. The molecule has 7 nitrogen and oxygen atoms in total. The van der Waals surface area contributed by atoms with E-state index < -0.39 is 10.9 Å². The standard InChI is InChI=1S/C21H20N2O5/c1-2-3-6-12-27-19-11-5-4-8-15(19)14-18-20(22-28-21(18)24)16-9-7-10-17(13-16)23(25)26/h4-5,7-11,13-14H,2-3,6,12H2,1H3. The Morgan fingerprint density at radius 3 is 2.79 bits per heavy atom. The minimum Gasteiger partial charge on any atom is -0.493 e. The van der Waals surface area contributed by atoms with E-state index in [2.05, 4.69) is 12.1 Å². The second-order valence-electron chi connectivity index (χ2n) is 6.28. The lowest BCUT2D eigenvalue weighted by Crippen LogP contribution is -2.07. The number of ether oxygens (including phenoxy) is 1. The molecule has 0 radical (unpaired) electrons. The molecule has 28 heavy (non-hydrogen) atoms. The monoisotopic (exact) mass is 380 g/mol. The van der Waals surface area contributed by atoms with Crippen LogP contribution in [0.2, 0.25) is 0 Å². The van der Waals surface area contributed by atoms with E-state index >= 15 is 0 Å². The van der Waals surface area contributed by atoms with Crippen molar-refractivity contribution in [1.29, 1.82) is 0 Å². The number of nitro benzene ring substituents is 1. The highest BCUT2D eigenvalue weighted by atomic mass is 16.7. The second-order valence-corrected chi connectivity index (χ2v) is 6.28. The number of para-hydroxylation sites is 1. The van der Waals surface area contributed by atoms with Gasteiger partial charge in [-0.25, -0.2) is 4.79 Å². The first kappa shape index (κ1) is 19.3. The first-order valence-corrected chi connectivity index (χ1v) is 9.08. The molecule has 7 heteroatoms. The highest BCUT2D eigenvalue weighted by Gasteiger charge is 2.28. The molecular formula is C21H20N2O5. The Balaban J connectivity index is 1.90. The highest BCUT2D eigenvalue weighted by molar-refractivity contribution is 6.31. The number of nitro groups is 1. The molecule has 0 saturated heterocycles. The van der Waals surface area contributed by atoms with Crippen LogP contribution in [0.3, 0.4) is 0 Å². The van der Waals surface area contributed by atoms with Gasteiger partial charge >= 0.3 is 5.97 Å². The largest absolute Gasteiger partial charge is 0.493 e. The van der Waals surface area contributed by atoms with Gasteiger partial charge in [0.25, 0.3) is 5.69 Å². The molecule has 0 amide bonds. The van der Waals surface area contributed by atoms with Crippen LogP contribution in [-0.4, -0.2) is 23.2 Å². The number of unbranched alkanes of at least 4 members (excludes halogenated alkanes) is 2. The van der Waals surface area contributed by atoms with Crippen molar-refractivity contribution in [3.8, 4) is 5.75 Å². The number of non-ortho nitro benzene ring substituents is 1. The van der Waals surface area contributed by atoms with Gasteiger partial charge in [0.05, 0.1) is 17.1 Å². The first-order valence-electron chi connectivity index (χ1n) is 9.08. The summed E-state index contributed by atoms with van der Waals surface area (Å²) in [7, 11) is 0. The fraction of sp³-hybridized carbons (Fsp3) is 0.238. The summed E-state index contributed by atoms with van der Waals surface area (Å²) in [4.78, 5) is 27.6. The minimum atomic E-state index is -0.609. The molecule has 0 fully saturated rings. The van der Waals surface area contributed by atoms with E-state index in [-0.39, 0.29) is 17.0 Å². The van der Waals surface area contributed by atoms with Gasteiger partial charge in [-0.05, 0) is 18.6 Å². The van der Waals surface area contributed by atoms with E-state index in [0.29, 0.717) is 23.5 Å². The Morgan fingerprint density at radius 2 is 2.00 bits per heavy atom. The van der Waals surface area contributed by atoms with Crippen molar-refractivity contribution in [2.45, 2.75) is 26.2 Å². The van der Waals surface area contributed by atoms with Crippen LogP contribution in [0.5, 0.6) is 5.75 Å². The molecular weight excluding hydrogens is 360 g/mol. The van der Waals surface area contributed by atoms with E-state index in [1.165, 1.54) is 12.1 Å². The summed E-state index contributed by atoms with van der Waals surface area (Å²) in [5, 5.41) is 14.8. The van der Waals surface area contributed by atoms with Gasteiger partial charge in [0.1, 0.15) is 11.5 Å². The predicted octanol–water partition coefficient (Wildman–Crippen LogP) is 4.51. The molecule has 0 bridgehead atoms. The lowest BCUT2D eigenvalue weighted by atomic mass is 10.00. The lowest BCUT2D eigenvalue weighted by molar-refractivity contribution is -0.384. The van der Waals surface area contributed by atoms with Crippen molar-refractivity contribution in [2.75, 3.05) is 6.61 Å². The molecule has 0 spiro atoms. The maximum atomic E-state index is 12.2. The fourth-order valence-corrected chi connectivity index (χ4v) is 2.81. The molecule has 1 aliphatic heterocycles. The summed E-state index contributed by atoms with van der Waals surface area (Å²) in [6, 6.07) is 13.3. The number of hydrogen-bond acceptors (Lipinski definition) is 6. The van der Waals surface area contributed by atoms with Gasteiger partial charge in [-0.15, -0.1) is 0 Å². The van der Waals surface area contributed by atoms with Crippen molar-refractivity contribution in [2.24, 2.45) is 5.16 Å². The number of rotatable bonds is 8. The predicted molar refractivity (Wildman–Crippen MR) is 105 cm³/mol. The van der Waals surface area contributed by atoms with Crippen molar-refractivity contribution in [3.63, 3.8) is 0 Å². The van der Waals surface area contributed by atoms with E-state index in [1.54, 1.807) is 18.2 Å². The van der Waals surface area contributed by atoms with E-state index in [4.69, 9.17) is 9.57 Å². The van der Waals surface area contributed by atoms with E-state index in [9.17, 15) is 14.9 Å². The minimum absolute atomic E-state index is 0.0847. The Morgan fingerprint density at radius 1 is 1.18 bits per heavy atom. The third kappa shape index (κ3) is 4.43. The van der Waals surface area contributed by atoms with Crippen LogP contribution in [0.4, 0.5) is 5.69 Å². The maximum Gasteiger partial charge on any atom is 0.368 e.